The third-order valence-electron chi connectivity index (χ3n) is 3.80. The Morgan fingerprint density at radius 1 is 1.17 bits per heavy atom. The van der Waals surface area contributed by atoms with E-state index in [2.05, 4.69) is 27.4 Å². The molecule has 114 valence electrons. The zero-order chi connectivity index (χ0) is 15.8. The molecule has 0 saturated heterocycles. The number of halogens is 1. The molecule has 4 nitrogen and oxygen atoms in total. The van der Waals surface area contributed by atoms with Crippen LogP contribution in [0.2, 0.25) is 5.15 Å². The molecule has 0 fully saturated rings. The quantitative estimate of drug-likeness (QED) is 0.710. The van der Waals surface area contributed by atoms with E-state index in [-0.39, 0.29) is 5.91 Å². The van der Waals surface area contributed by atoms with Crippen molar-refractivity contribution >= 4 is 34.0 Å². The van der Waals surface area contributed by atoms with Crippen LogP contribution in [0.4, 0.5) is 5.13 Å². The summed E-state index contributed by atoms with van der Waals surface area (Å²) in [5.74, 6) is -0.228. The molecule has 0 unspecified atom stereocenters. The summed E-state index contributed by atoms with van der Waals surface area (Å²) in [5, 5.41) is 3.83. The van der Waals surface area contributed by atoms with E-state index in [1.165, 1.54) is 33.5 Å². The van der Waals surface area contributed by atoms with Crippen molar-refractivity contribution in [3.8, 4) is 11.3 Å². The molecule has 1 aliphatic rings. The van der Waals surface area contributed by atoms with Gasteiger partial charge in [0.1, 0.15) is 5.15 Å². The molecule has 23 heavy (non-hydrogen) atoms. The Kier molecular flexibility index (Phi) is 3.59. The number of amides is 1. The number of thiazole rings is 1. The van der Waals surface area contributed by atoms with Crippen molar-refractivity contribution in [2.24, 2.45) is 0 Å². The number of nitrogens with zero attached hydrogens (tertiary/aromatic N) is 2. The molecule has 0 atom stereocenters. The Morgan fingerprint density at radius 2 is 2.04 bits per heavy atom. The van der Waals surface area contributed by atoms with Gasteiger partial charge in [-0.25, -0.2) is 9.97 Å². The highest BCUT2D eigenvalue weighted by atomic mass is 35.5. The first-order valence-electron chi connectivity index (χ1n) is 7.21. The predicted octanol–water partition coefficient (Wildman–Crippen LogP) is 4.21. The summed E-state index contributed by atoms with van der Waals surface area (Å²) in [4.78, 5) is 22.0. The Hall–Kier alpha value is -2.24. The van der Waals surface area contributed by atoms with Gasteiger partial charge in [0, 0.05) is 16.6 Å². The Balaban J connectivity index is 1.62. The maximum absolute atomic E-state index is 12.3. The Labute approximate surface area is 142 Å². The van der Waals surface area contributed by atoms with Gasteiger partial charge >= 0.3 is 0 Å². The number of anilines is 1. The molecule has 0 saturated carbocycles. The number of aryl methyl sites for hydroxylation is 2. The lowest BCUT2D eigenvalue weighted by atomic mass is 9.94. The van der Waals surface area contributed by atoms with Gasteiger partial charge in [-0.3, -0.25) is 10.1 Å². The van der Waals surface area contributed by atoms with E-state index < -0.39 is 0 Å². The van der Waals surface area contributed by atoms with E-state index >= 15 is 0 Å². The summed E-state index contributed by atoms with van der Waals surface area (Å²) < 4.78 is 0. The first-order valence-corrected chi connectivity index (χ1v) is 8.41. The van der Waals surface area contributed by atoms with Gasteiger partial charge in [0.25, 0.3) is 5.91 Å². The minimum absolute atomic E-state index is 0.228. The molecular weight excluding hydrogens is 330 g/mol. The average molecular weight is 342 g/mol. The van der Waals surface area contributed by atoms with Crippen LogP contribution in [0, 0.1) is 0 Å². The predicted molar refractivity (Wildman–Crippen MR) is 92.2 cm³/mol. The van der Waals surface area contributed by atoms with Crippen LogP contribution in [0.15, 0.2) is 42.6 Å². The minimum Gasteiger partial charge on any atom is -0.298 e. The third kappa shape index (κ3) is 2.73. The number of hydrogen-bond donors (Lipinski definition) is 1. The van der Waals surface area contributed by atoms with Crippen molar-refractivity contribution < 1.29 is 4.79 Å². The fourth-order valence-electron chi connectivity index (χ4n) is 2.68. The van der Waals surface area contributed by atoms with Crippen LogP contribution >= 0.6 is 22.9 Å². The minimum atomic E-state index is -0.228. The molecule has 4 rings (SSSR count). The highest BCUT2D eigenvalue weighted by Gasteiger charge is 2.21. The second kappa shape index (κ2) is 5.76. The number of hydrogen-bond acceptors (Lipinski definition) is 4. The Bertz CT molecular complexity index is 889. The van der Waals surface area contributed by atoms with Gasteiger partial charge in [-0.2, -0.15) is 0 Å². The third-order valence-corrected chi connectivity index (χ3v) is 5.06. The zero-order valence-electron chi connectivity index (χ0n) is 12.0. The fourth-order valence-corrected chi connectivity index (χ4v) is 3.76. The van der Waals surface area contributed by atoms with E-state index in [0.29, 0.717) is 15.8 Å². The summed E-state index contributed by atoms with van der Waals surface area (Å²) in [7, 11) is 0. The highest BCUT2D eigenvalue weighted by Crippen LogP contribution is 2.37. The van der Waals surface area contributed by atoms with E-state index in [1.54, 1.807) is 12.1 Å². The molecule has 0 bridgehead atoms. The molecule has 1 aliphatic carbocycles. The molecule has 0 spiro atoms. The number of rotatable bonds is 2. The van der Waals surface area contributed by atoms with Crippen LogP contribution in [-0.4, -0.2) is 15.9 Å². The Morgan fingerprint density at radius 3 is 2.87 bits per heavy atom. The summed E-state index contributed by atoms with van der Waals surface area (Å²) in [6.45, 7) is 0. The largest absolute Gasteiger partial charge is 0.298 e. The van der Waals surface area contributed by atoms with Gasteiger partial charge in [0.05, 0.1) is 11.3 Å². The van der Waals surface area contributed by atoms with Crippen LogP contribution in [0.5, 0.6) is 0 Å². The van der Waals surface area contributed by atoms with Gasteiger partial charge in [-0.1, -0.05) is 35.9 Å². The lowest BCUT2D eigenvalue weighted by Gasteiger charge is -2.13. The van der Waals surface area contributed by atoms with Crippen LogP contribution in [-0.2, 0) is 12.8 Å². The number of nitrogens with one attached hydrogen (secondary N) is 1. The lowest BCUT2D eigenvalue weighted by molar-refractivity contribution is 0.102. The normalized spacial score (nSPS) is 12.4. The first kappa shape index (κ1) is 14.4. The molecule has 3 aromatic rings. The number of fused-ring (bicyclic) bond motifs is 3. The van der Waals surface area contributed by atoms with Gasteiger partial charge in [-0.15, -0.1) is 11.3 Å². The smallest absolute Gasteiger partial charge is 0.259 e. The molecule has 1 N–H and O–H groups in total. The molecule has 2 heterocycles. The summed E-state index contributed by atoms with van der Waals surface area (Å²) in [6, 6.07) is 11.5. The van der Waals surface area contributed by atoms with Crippen molar-refractivity contribution in [3.05, 3.63) is 63.8 Å². The molecule has 1 aromatic carbocycles. The van der Waals surface area contributed by atoms with Crippen molar-refractivity contribution in [2.75, 3.05) is 5.32 Å². The summed E-state index contributed by atoms with van der Waals surface area (Å²) in [5.41, 5.74) is 3.92. The average Bonchev–Trinajstić information content (AvgIpc) is 2.98. The topological polar surface area (TPSA) is 54.9 Å². The monoisotopic (exact) mass is 341 g/mol. The van der Waals surface area contributed by atoms with E-state index in [9.17, 15) is 4.79 Å². The zero-order valence-corrected chi connectivity index (χ0v) is 13.6. The fraction of sp³-hybridized carbons (Fsp3) is 0.118. The van der Waals surface area contributed by atoms with E-state index in [4.69, 9.17) is 11.6 Å². The van der Waals surface area contributed by atoms with Crippen molar-refractivity contribution in [2.45, 2.75) is 12.8 Å². The van der Waals surface area contributed by atoms with Gasteiger partial charge in [-0.05, 0) is 30.5 Å². The van der Waals surface area contributed by atoms with Crippen LogP contribution in [0.1, 0.15) is 20.8 Å². The van der Waals surface area contributed by atoms with Crippen molar-refractivity contribution in [1.29, 1.82) is 0 Å². The van der Waals surface area contributed by atoms with Crippen LogP contribution in [0.3, 0.4) is 0 Å². The van der Waals surface area contributed by atoms with Crippen LogP contribution in [0.25, 0.3) is 11.3 Å². The number of pyridine rings is 1. The molecule has 2 aromatic heterocycles. The lowest BCUT2D eigenvalue weighted by Crippen LogP contribution is -2.11. The van der Waals surface area contributed by atoms with Crippen molar-refractivity contribution in [1.82, 2.24) is 9.97 Å². The van der Waals surface area contributed by atoms with E-state index in [0.717, 1.165) is 18.5 Å². The maximum atomic E-state index is 12.3. The molecule has 1 amide bonds. The molecule has 6 heteroatoms. The second-order valence-electron chi connectivity index (χ2n) is 5.27. The summed E-state index contributed by atoms with van der Waals surface area (Å²) in [6.07, 6.45) is 3.43. The number of carbonyl (C=O) groups excluding carboxylic acids is 1. The molecule has 0 radical (unpaired) electrons. The molecular formula is C17H12ClN3OS. The number of aromatic nitrogens is 2. The summed E-state index contributed by atoms with van der Waals surface area (Å²) >= 11 is 7.28. The first-order chi connectivity index (χ1) is 11.2. The standard InChI is InChI=1S/C17H12ClN3OS/c18-14-8-6-11(9-19-14)16(22)21-17-20-15-12-4-2-1-3-10(12)5-7-13(15)23-17/h1-4,6,8-9H,5,7H2,(H,20,21,22). The number of carbonyl (C=O) groups is 1. The van der Waals surface area contributed by atoms with Gasteiger partial charge in [0.2, 0.25) is 0 Å². The van der Waals surface area contributed by atoms with Crippen molar-refractivity contribution in [3.63, 3.8) is 0 Å². The highest BCUT2D eigenvalue weighted by molar-refractivity contribution is 7.16. The number of benzene rings is 1. The maximum Gasteiger partial charge on any atom is 0.259 e. The van der Waals surface area contributed by atoms with Crippen LogP contribution < -0.4 is 5.32 Å². The SMILES string of the molecule is O=C(Nc1nc2c(s1)CCc1ccccc1-2)c1ccc(Cl)nc1. The second-order valence-corrected chi connectivity index (χ2v) is 6.74. The van der Waals surface area contributed by atoms with Gasteiger partial charge in [0.15, 0.2) is 5.13 Å². The van der Waals surface area contributed by atoms with E-state index in [1.807, 2.05) is 12.1 Å². The molecule has 0 aliphatic heterocycles. The van der Waals surface area contributed by atoms with Gasteiger partial charge < -0.3 is 0 Å².